The maximum atomic E-state index is 13.7. The van der Waals surface area contributed by atoms with Crippen molar-refractivity contribution >= 4 is 22.4 Å². The minimum Gasteiger partial charge on any atom is -0.432 e. The van der Waals surface area contributed by atoms with Gasteiger partial charge in [-0.25, -0.2) is 9.37 Å². The van der Waals surface area contributed by atoms with E-state index in [4.69, 9.17) is 4.74 Å². The van der Waals surface area contributed by atoms with Gasteiger partial charge in [0.05, 0.1) is 10.4 Å². The summed E-state index contributed by atoms with van der Waals surface area (Å²) in [4.78, 5) is 17.0. The average Bonchev–Trinajstić information content (AvgIpc) is 3.04. The number of thiazole rings is 1. The molecule has 0 spiro atoms. The lowest BCUT2D eigenvalue weighted by Crippen LogP contribution is -2.19. The molecular weight excluding hydrogens is 389 g/mol. The summed E-state index contributed by atoms with van der Waals surface area (Å²) in [5, 5.41) is 2.82. The lowest BCUT2D eigenvalue weighted by molar-refractivity contribution is -0.159. The molecule has 0 radical (unpaired) electrons. The van der Waals surface area contributed by atoms with Gasteiger partial charge in [0.15, 0.2) is 5.13 Å². The Balaban J connectivity index is 1.87. The predicted molar refractivity (Wildman–Crippen MR) is 103 cm³/mol. The van der Waals surface area contributed by atoms with Crippen LogP contribution in [0.5, 0.6) is 5.75 Å². The smallest absolute Gasteiger partial charge is 0.394 e. The van der Waals surface area contributed by atoms with E-state index in [2.05, 4.69) is 10.3 Å². The Morgan fingerprint density at radius 1 is 1.18 bits per heavy atom. The molecule has 1 aromatic heterocycles. The maximum Gasteiger partial charge on any atom is 0.394 e. The highest BCUT2D eigenvalue weighted by atomic mass is 32.1. The molecule has 3 aromatic rings. The van der Waals surface area contributed by atoms with Gasteiger partial charge in [-0.15, -0.1) is 0 Å². The Labute approximate surface area is 164 Å². The first-order valence-corrected chi connectivity index (χ1v) is 9.16. The molecule has 0 aliphatic rings. The van der Waals surface area contributed by atoms with Crippen molar-refractivity contribution in [3.05, 3.63) is 65.1 Å². The lowest BCUT2D eigenvalue weighted by atomic mass is 10.0. The molecule has 0 bridgehead atoms. The first-order valence-electron chi connectivity index (χ1n) is 8.34. The van der Waals surface area contributed by atoms with Gasteiger partial charge in [0.2, 0.25) is 0 Å². The van der Waals surface area contributed by atoms with Crippen LogP contribution in [0.3, 0.4) is 0 Å². The molecule has 0 aliphatic carbocycles. The van der Waals surface area contributed by atoms with E-state index in [9.17, 15) is 18.0 Å². The fourth-order valence-corrected chi connectivity index (χ4v) is 3.56. The molecule has 146 valence electrons. The molecule has 0 saturated heterocycles. The summed E-state index contributed by atoms with van der Waals surface area (Å²) in [6.07, 6.45) is -1.78. The highest BCUT2D eigenvalue weighted by Crippen LogP contribution is 2.36. The summed E-state index contributed by atoms with van der Waals surface area (Å²) in [5.41, 5.74) is 2.00. The van der Waals surface area contributed by atoms with E-state index in [0.717, 1.165) is 16.9 Å². The Morgan fingerprint density at radius 2 is 1.89 bits per heavy atom. The number of amides is 1. The highest BCUT2D eigenvalue weighted by molar-refractivity contribution is 7.19. The van der Waals surface area contributed by atoms with Crippen LogP contribution in [0.25, 0.3) is 10.4 Å². The number of hydrogen-bond donors (Lipinski definition) is 1. The van der Waals surface area contributed by atoms with Crippen LogP contribution >= 0.6 is 11.3 Å². The fourth-order valence-electron chi connectivity index (χ4n) is 2.67. The molecule has 0 atom stereocenters. The molecule has 8 heteroatoms. The molecule has 4 nitrogen and oxygen atoms in total. The SMILES string of the molecule is Cc1cc(C)c(-c2cnc(NC(=O)c3ccccc3F)s2)cc1OC(C)(F)F. The number of nitrogens with one attached hydrogen (secondary N) is 1. The van der Waals surface area contributed by atoms with E-state index < -0.39 is 17.8 Å². The number of aromatic nitrogens is 1. The normalized spacial score (nSPS) is 11.4. The molecule has 1 amide bonds. The zero-order valence-corrected chi connectivity index (χ0v) is 16.2. The number of halogens is 3. The van der Waals surface area contributed by atoms with Crippen molar-refractivity contribution in [2.24, 2.45) is 0 Å². The van der Waals surface area contributed by atoms with E-state index in [-0.39, 0.29) is 16.4 Å². The van der Waals surface area contributed by atoms with Gasteiger partial charge >= 0.3 is 6.11 Å². The second-order valence-electron chi connectivity index (χ2n) is 6.31. The molecule has 0 aliphatic heterocycles. The zero-order valence-electron chi connectivity index (χ0n) is 15.3. The van der Waals surface area contributed by atoms with E-state index in [1.807, 2.05) is 6.92 Å². The van der Waals surface area contributed by atoms with Crippen molar-refractivity contribution in [1.82, 2.24) is 4.98 Å². The standard InChI is InChI=1S/C20H17F3N2O2S/c1-11-8-12(2)16(27-20(3,22)23)9-14(11)17-10-24-19(28-17)25-18(26)13-6-4-5-7-15(13)21/h4-10H,1-3H3,(H,24,25,26). The van der Waals surface area contributed by atoms with Crippen LogP contribution < -0.4 is 10.1 Å². The number of carbonyl (C=O) groups excluding carboxylic acids is 1. The summed E-state index contributed by atoms with van der Waals surface area (Å²) < 4.78 is 45.0. The number of ether oxygens (including phenoxy) is 1. The largest absolute Gasteiger partial charge is 0.432 e. The molecule has 3 rings (SSSR count). The lowest BCUT2D eigenvalue weighted by Gasteiger charge is -2.17. The first kappa shape index (κ1) is 19.9. The number of alkyl halides is 2. The second-order valence-corrected chi connectivity index (χ2v) is 7.34. The Hall–Kier alpha value is -2.87. The summed E-state index contributed by atoms with van der Waals surface area (Å²) in [7, 11) is 0. The number of nitrogens with zero attached hydrogens (tertiary/aromatic N) is 1. The third-order valence-electron chi connectivity index (χ3n) is 3.92. The maximum absolute atomic E-state index is 13.7. The number of anilines is 1. The van der Waals surface area contributed by atoms with Crippen LogP contribution in [0.1, 0.15) is 28.4 Å². The summed E-state index contributed by atoms with van der Waals surface area (Å²) in [6.45, 7) is 4.20. The van der Waals surface area contributed by atoms with Crippen LogP contribution in [-0.4, -0.2) is 17.0 Å². The Kier molecular flexibility index (Phi) is 5.42. The van der Waals surface area contributed by atoms with E-state index in [0.29, 0.717) is 22.9 Å². The second kappa shape index (κ2) is 7.63. The van der Waals surface area contributed by atoms with Crippen LogP contribution in [0, 0.1) is 19.7 Å². The summed E-state index contributed by atoms with van der Waals surface area (Å²) >= 11 is 1.15. The summed E-state index contributed by atoms with van der Waals surface area (Å²) in [5.74, 6) is -1.18. The van der Waals surface area contributed by atoms with Gasteiger partial charge in [-0.3, -0.25) is 10.1 Å². The molecule has 0 unspecified atom stereocenters. The van der Waals surface area contributed by atoms with Crippen molar-refractivity contribution in [3.63, 3.8) is 0 Å². The predicted octanol–water partition coefficient (Wildman–Crippen LogP) is 5.81. The van der Waals surface area contributed by atoms with Gasteiger partial charge in [0.1, 0.15) is 11.6 Å². The monoisotopic (exact) mass is 406 g/mol. The van der Waals surface area contributed by atoms with Crippen molar-refractivity contribution in [2.75, 3.05) is 5.32 Å². The number of hydrogen-bond acceptors (Lipinski definition) is 4. The zero-order chi connectivity index (χ0) is 20.5. The van der Waals surface area contributed by atoms with Crippen molar-refractivity contribution in [3.8, 4) is 16.2 Å². The van der Waals surface area contributed by atoms with Crippen LogP contribution in [0.4, 0.5) is 18.3 Å². The fraction of sp³-hybridized carbons (Fsp3) is 0.200. The van der Waals surface area contributed by atoms with Gasteiger partial charge in [-0.1, -0.05) is 29.5 Å². The molecular formula is C20H17F3N2O2S. The van der Waals surface area contributed by atoms with Gasteiger partial charge < -0.3 is 4.74 Å². The van der Waals surface area contributed by atoms with Gasteiger partial charge in [0, 0.05) is 13.1 Å². The third-order valence-corrected chi connectivity index (χ3v) is 4.87. The third kappa shape index (κ3) is 4.51. The van der Waals surface area contributed by atoms with Crippen molar-refractivity contribution < 1.29 is 22.7 Å². The number of carbonyl (C=O) groups is 1. The van der Waals surface area contributed by atoms with Crippen LogP contribution in [0.2, 0.25) is 0 Å². The number of benzene rings is 2. The average molecular weight is 406 g/mol. The minimum absolute atomic E-state index is 0.0680. The first-order chi connectivity index (χ1) is 13.1. The van der Waals surface area contributed by atoms with Crippen molar-refractivity contribution in [2.45, 2.75) is 26.9 Å². The van der Waals surface area contributed by atoms with Crippen LogP contribution in [0.15, 0.2) is 42.6 Å². The van der Waals surface area contributed by atoms with Gasteiger partial charge in [0.25, 0.3) is 5.91 Å². The topological polar surface area (TPSA) is 51.2 Å². The molecule has 2 aromatic carbocycles. The van der Waals surface area contributed by atoms with E-state index >= 15 is 0 Å². The molecule has 0 saturated carbocycles. The number of aryl methyl sites for hydroxylation is 2. The van der Waals surface area contributed by atoms with E-state index in [1.165, 1.54) is 30.5 Å². The van der Waals surface area contributed by atoms with Gasteiger partial charge in [-0.2, -0.15) is 8.78 Å². The highest BCUT2D eigenvalue weighted by Gasteiger charge is 2.25. The summed E-state index contributed by atoms with van der Waals surface area (Å²) in [6, 6.07) is 8.89. The number of rotatable bonds is 5. The molecule has 28 heavy (non-hydrogen) atoms. The molecule has 1 N–H and O–H groups in total. The van der Waals surface area contributed by atoms with E-state index in [1.54, 1.807) is 19.1 Å². The quantitative estimate of drug-likeness (QED) is 0.582. The van der Waals surface area contributed by atoms with Crippen LogP contribution in [-0.2, 0) is 0 Å². The molecule has 0 fully saturated rings. The van der Waals surface area contributed by atoms with Crippen molar-refractivity contribution in [1.29, 1.82) is 0 Å². The molecule has 1 heterocycles. The Morgan fingerprint density at radius 3 is 2.57 bits per heavy atom. The minimum atomic E-state index is -3.30. The Bertz CT molecular complexity index is 1030. The van der Waals surface area contributed by atoms with Gasteiger partial charge in [-0.05, 0) is 48.7 Å².